The van der Waals surface area contributed by atoms with Crippen LogP contribution in [0.4, 0.5) is 0 Å². The van der Waals surface area contributed by atoms with E-state index < -0.39 is 0 Å². The fourth-order valence-corrected chi connectivity index (χ4v) is 4.30. The Balaban J connectivity index is 1.96. The molecule has 1 heterocycles. The minimum Gasteiger partial charge on any atom is -0.342 e. The molecule has 0 fully saturated rings. The number of hydrogen-bond donors (Lipinski definition) is 0. The predicted octanol–water partition coefficient (Wildman–Crippen LogP) is 4.84. The van der Waals surface area contributed by atoms with Gasteiger partial charge in [0, 0.05) is 25.7 Å². The number of nitrogens with zero attached hydrogens (tertiary/aromatic N) is 4. The molecule has 0 aliphatic carbocycles. The largest absolute Gasteiger partial charge is 0.342 e. The van der Waals surface area contributed by atoms with E-state index in [1.54, 1.807) is 0 Å². The molecule has 5 nitrogen and oxygen atoms in total. The zero-order chi connectivity index (χ0) is 20.1. The van der Waals surface area contributed by atoms with Crippen molar-refractivity contribution >= 4 is 29.3 Å². The summed E-state index contributed by atoms with van der Waals surface area (Å²) in [4.78, 5) is 15.0. The molecule has 0 unspecified atom stereocenters. The van der Waals surface area contributed by atoms with Gasteiger partial charge in [-0.05, 0) is 31.5 Å². The van der Waals surface area contributed by atoms with Crippen LogP contribution in [0.25, 0.3) is 11.4 Å². The number of carbonyl (C=O) groups excluding carboxylic acids is 1. The molecule has 146 valence electrons. The molecule has 2 aromatic carbocycles. The Bertz CT molecular complexity index is 941. The maximum absolute atomic E-state index is 13.2. The van der Waals surface area contributed by atoms with Crippen LogP contribution in [0.3, 0.4) is 0 Å². The Kier molecular flexibility index (Phi) is 6.75. The third kappa shape index (κ3) is 4.23. The van der Waals surface area contributed by atoms with Gasteiger partial charge in [0.15, 0.2) is 11.0 Å². The number of benzene rings is 2. The molecule has 0 bridgehead atoms. The summed E-state index contributed by atoms with van der Waals surface area (Å²) in [6.07, 6.45) is 0. The van der Waals surface area contributed by atoms with Gasteiger partial charge in [0.05, 0.1) is 5.02 Å². The highest BCUT2D eigenvalue weighted by molar-refractivity contribution is 8.00. The Morgan fingerprint density at radius 2 is 1.71 bits per heavy atom. The fraction of sp³-hybridized carbons (Fsp3) is 0.286. The Morgan fingerprint density at radius 1 is 1.07 bits per heavy atom. The molecule has 1 amide bonds. The van der Waals surface area contributed by atoms with Crippen molar-refractivity contribution in [2.45, 2.75) is 24.3 Å². The van der Waals surface area contributed by atoms with Crippen molar-refractivity contribution < 1.29 is 4.79 Å². The van der Waals surface area contributed by atoms with Crippen molar-refractivity contribution in [2.75, 3.05) is 13.1 Å². The molecule has 0 aliphatic rings. The summed E-state index contributed by atoms with van der Waals surface area (Å²) < 4.78 is 1.89. The highest BCUT2D eigenvalue weighted by Gasteiger charge is 2.28. The summed E-state index contributed by atoms with van der Waals surface area (Å²) in [5.74, 6) is 0.749. The molecular weight excluding hydrogens is 392 g/mol. The zero-order valence-corrected chi connectivity index (χ0v) is 17.7. The van der Waals surface area contributed by atoms with Crippen molar-refractivity contribution in [3.05, 3.63) is 65.2 Å². The first kappa shape index (κ1) is 20.4. The van der Waals surface area contributed by atoms with Gasteiger partial charge in [-0.3, -0.25) is 4.79 Å². The van der Waals surface area contributed by atoms with E-state index in [4.69, 9.17) is 11.6 Å². The lowest BCUT2D eigenvalue weighted by molar-refractivity contribution is -0.130. The molecule has 7 heteroatoms. The Hall–Kier alpha value is -2.31. The summed E-state index contributed by atoms with van der Waals surface area (Å²) >= 11 is 7.73. The van der Waals surface area contributed by atoms with Crippen molar-refractivity contribution in [2.24, 2.45) is 7.05 Å². The molecule has 3 rings (SSSR count). The SMILES string of the molecule is CCN(CC)C(=O)[C@@H](Sc1nnc(-c2ccccc2Cl)n1C)c1ccccc1. The van der Waals surface area contributed by atoms with E-state index in [2.05, 4.69) is 10.2 Å². The van der Waals surface area contributed by atoms with Crippen molar-refractivity contribution in [3.63, 3.8) is 0 Å². The minimum atomic E-state index is -0.386. The van der Waals surface area contributed by atoms with Gasteiger partial charge in [-0.25, -0.2) is 0 Å². The van der Waals surface area contributed by atoms with Crippen molar-refractivity contribution in [1.29, 1.82) is 0 Å². The van der Waals surface area contributed by atoms with Crippen LogP contribution in [0.15, 0.2) is 59.8 Å². The molecule has 0 saturated heterocycles. The summed E-state index contributed by atoms with van der Waals surface area (Å²) in [5.41, 5.74) is 1.77. The first-order chi connectivity index (χ1) is 13.6. The molecule has 0 spiro atoms. The average molecular weight is 415 g/mol. The van der Waals surface area contributed by atoms with Crippen LogP contribution in [-0.4, -0.2) is 38.7 Å². The minimum absolute atomic E-state index is 0.0727. The van der Waals surface area contributed by atoms with Crippen molar-refractivity contribution in [3.8, 4) is 11.4 Å². The topological polar surface area (TPSA) is 51.0 Å². The number of halogens is 1. The highest BCUT2D eigenvalue weighted by atomic mass is 35.5. The van der Waals surface area contributed by atoms with E-state index in [-0.39, 0.29) is 11.2 Å². The van der Waals surface area contributed by atoms with E-state index in [0.29, 0.717) is 29.1 Å². The van der Waals surface area contributed by atoms with E-state index in [1.165, 1.54) is 11.8 Å². The first-order valence-corrected chi connectivity index (χ1v) is 10.5. The predicted molar refractivity (Wildman–Crippen MR) is 114 cm³/mol. The monoisotopic (exact) mass is 414 g/mol. The van der Waals surface area contributed by atoms with E-state index in [1.807, 2.05) is 85.0 Å². The number of carbonyl (C=O) groups is 1. The zero-order valence-electron chi connectivity index (χ0n) is 16.2. The Morgan fingerprint density at radius 3 is 2.36 bits per heavy atom. The van der Waals surface area contributed by atoms with Crippen LogP contribution in [0.5, 0.6) is 0 Å². The lowest BCUT2D eigenvalue weighted by atomic mass is 10.1. The van der Waals surface area contributed by atoms with Crippen LogP contribution in [-0.2, 0) is 11.8 Å². The highest BCUT2D eigenvalue weighted by Crippen LogP contribution is 2.37. The van der Waals surface area contributed by atoms with Gasteiger partial charge in [-0.15, -0.1) is 10.2 Å². The lowest BCUT2D eigenvalue weighted by Gasteiger charge is -2.24. The van der Waals surface area contributed by atoms with E-state index in [0.717, 1.165) is 11.1 Å². The summed E-state index contributed by atoms with van der Waals surface area (Å²) in [7, 11) is 1.89. The third-order valence-corrected chi connectivity index (χ3v) is 6.18. The van der Waals surface area contributed by atoms with Gasteiger partial charge >= 0.3 is 0 Å². The van der Waals surface area contributed by atoms with Crippen LogP contribution in [0, 0.1) is 0 Å². The second-order valence-corrected chi connectivity index (χ2v) is 7.74. The second kappa shape index (κ2) is 9.26. The molecule has 1 atom stereocenters. The smallest absolute Gasteiger partial charge is 0.240 e. The van der Waals surface area contributed by atoms with Gasteiger partial charge in [0.1, 0.15) is 5.25 Å². The normalized spacial score (nSPS) is 12.0. The number of amides is 1. The van der Waals surface area contributed by atoms with Gasteiger partial charge in [-0.2, -0.15) is 0 Å². The van der Waals surface area contributed by atoms with Crippen molar-refractivity contribution in [1.82, 2.24) is 19.7 Å². The number of hydrogen-bond acceptors (Lipinski definition) is 4. The molecule has 0 aliphatic heterocycles. The van der Waals surface area contributed by atoms with Gasteiger partial charge in [-0.1, -0.05) is 65.8 Å². The average Bonchev–Trinajstić information content (AvgIpc) is 3.08. The second-order valence-electron chi connectivity index (χ2n) is 6.26. The Labute approximate surface area is 174 Å². The molecular formula is C21H23ClN4OS. The number of rotatable bonds is 7. The van der Waals surface area contributed by atoms with Gasteiger partial charge < -0.3 is 9.47 Å². The van der Waals surface area contributed by atoms with Crippen LogP contribution >= 0.6 is 23.4 Å². The lowest BCUT2D eigenvalue weighted by Crippen LogP contribution is -2.34. The maximum Gasteiger partial charge on any atom is 0.240 e. The van der Waals surface area contributed by atoms with Gasteiger partial charge in [0.2, 0.25) is 5.91 Å². The van der Waals surface area contributed by atoms with E-state index >= 15 is 0 Å². The fourth-order valence-electron chi connectivity index (χ4n) is 2.99. The molecule has 0 N–H and O–H groups in total. The number of likely N-dealkylation sites (N-methyl/N-ethyl adjacent to an activating group) is 1. The van der Waals surface area contributed by atoms with Crippen LogP contribution in [0.1, 0.15) is 24.7 Å². The maximum atomic E-state index is 13.2. The number of aromatic nitrogens is 3. The standard InChI is InChI=1S/C21H23ClN4OS/c1-4-26(5-2)20(27)18(15-11-7-6-8-12-15)28-21-24-23-19(25(21)3)16-13-9-10-14-17(16)22/h6-14,18H,4-5H2,1-3H3/t18-/m0/s1. The molecule has 28 heavy (non-hydrogen) atoms. The van der Waals surface area contributed by atoms with E-state index in [9.17, 15) is 4.79 Å². The molecule has 0 saturated carbocycles. The third-order valence-electron chi connectivity index (χ3n) is 4.57. The first-order valence-electron chi connectivity index (χ1n) is 9.21. The number of thioether (sulfide) groups is 1. The molecule has 0 radical (unpaired) electrons. The van der Waals surface area contributed by atoms with Crippen LogP contribution < -0.4 is 0 Å². The molecule has 3 aromatic rings. The molecule has 1 aromatic heterocycles. The van der Waals surface area contributed by atoms with Gasteiger partial charge in [0.25, 0.3) is 0 Å². The summed E-state index contributed by atoms with van der Waals surface area (Å²) in [6.45, 7) is 5.32. The quantitative estimate of drug-likeness (QED) is 0.519. The summed E-state index contributed by atoms with van der Waals surface area (Å²) in [5, 5.41) is 9.56. The van der Waals surface area contributed by atoms with Crippen LogP contribution in [0.2, 0.25) is 5.02 Å². The summed E-state index contributed by atoms with van der Waals surface area (Å²) in [6, 6.07) is 17.3.